The molecule has 0 amide bonds. The molecule has 0 radical (unpaired) electrons. The minimum Gasteiger partial charge on any atom is -0.436 e. The van der Waals surface area contributed by atoms with Crippen LogP contribution in [0.15, 0.2) is 53.1 Å². The molecule has 2 N–H and O–H groups in total. The fraction of sp³-hybridized carbons (Fsp3) is 0.0667. The van der Waals surface area contributed by atoms with E-state index in [0.717, 1.165) is 20.8 Å². The lowest BCUT2D eigenvalue weighted by molar-refractivity contribution is 0.446. The molecule has 2 aromatic carbocycles. The van der Waals surface area contributed by atoms with E-state index in [1.54, 1.807) is 12.3 Å². The number of ether oxygens (including phenoxy) is 1. The van der Waals surface area contributed by atoms with Crippen molar-refractivity contribution in [3.05, 3.63) is 58.7 Å². The Bertz CT molecular complexity index is 761. The van der Waals surface area contributed by atoms with Crippen LogP contribution in [0.3, 0.4) is 0 Å². The molecule has 0 aliphatic rings. The predicted molar refractivity (Wildman–Crippen MR) is 81.6 cm³/mol. The van der Waals surface area contributed by atoms with Gasteiger partial charge in [-0.2, -0.15) is 5.10 Å². The van der Waals surface area contributed by atoms with E-state index >= 15 is 0 Å². The maximum absolute atomic E-state index is 5.84. The topological polar surface area (TPSA) is 61.0 Å². The van der Waals surface area contributed by atoms with Gasteiger partial charge in [0.2, 0.25) is 5.88 Å². The van der Waals surface area contributed by atoms with E-state index < -0.39 is 0 Å². The molecular formula is C15H12BrN3O. The number of rotatable bonds is 3. The van der Waals surface area contributed by atoms with Crippen molar-refractivity contribution >= 4 is 26.7 Å². The summed E-state index contributed by atoms with van der Waals surface area (Å²) in [5.41, 5.74) is 6.49. The van der Waals surface area contributed by atoms with Crippen molar-refractivity contribution < 1.29 is 4.74 Å². The second kappa shape index (κ2) is 5.56. The summed E-state index contributed by atoms with van der Waals surface area (Å²) < 4.78 is 6.73. The molecule has 0 spiro atoms. The minimum atomic E-state index is 0.357. The van der Waals surface area contributed by atoms with Crippen LogP contribution >= 0.6 is 15.9 Å². The molecule has 0 aliphatic heterocycles. The Kier molecular flexibility index (Phi) is 3.62. The minimum absolute atomic E-state index is 0.357. The number of fused-ring (bicyclic) bond motifs is 1. The summed E-state index contributed by atoms with van der Waals surface area (Å²) in [5.74, 6) is 1.13. The maximum Gasteiger partial charge on any atom is 0.243 e. The number of nitrogens with zero attached hydrogens (tertiary/aromatic N) is 2. The standard InChI is InChI=1S/C15H12BrN3O/c16-14-12-4-2-1-3-10(12)5-6-13(14)20-15-11(9-17)7-8-18-19-15/h1-8H,9,17H2. The van der Waals surface area contributed by atoms with Gasteiger partial charge < -0.3 is 10.5 Å². The lowest BCUT2D eigenvalue weighted by atomic mass is 10.1. The molecule has 0 saturated heterocycles. The highest BCUT2D eigenvalue weighted by Gasteiger charge is 2.10. The normalized spacial score (nSPS) is 10.7. The van der Waals surface area contributed by atoms with Crippen molar-refractivity contribution in [2.75, 3.05) is 0 Å². The Morgan fingerprint density at radius 1 is 1.10 bits per heavy atom. The second-order valence-corrected chi connectivity index (χ2v) is 5.06. The van der Waals surface area contributed by atoms with E-state index in [9.17, 15) is 0 Å². The van der Waals surface area contributed by atoms with E-state index in [1.165, 1.54) is 0 Å². The number of aromatic nitrogens is 2. The Morgan fingerprint density at radius 2 is 1.95 bits per heavy atom. The summed E-state index contributed by atoms with van der Waals surface area (Å²) in [7, 11) is 0. The number of halogens is 1. The molecule has 0 bridgehead atoms. The van der Waals surface area contributed by atoms with Crippen molar-refractivity contribution in [3.63, 3.8) is 0 Å². The van der Waals surface area contributed by atoms with Crippen LogP contribution in [0.25, 0.3) is 10.8 Å². The van der Waals surface area contributed by atoms with Crippen LogP contribution < -0.4 is 10.5 Å². The van der Waals surface area contributed by atoms with Crippen LogP contribution in [0.5, 0.6) is 11.6 Å². The fourth-order valence-electron chi connectivity index (χ4n) is 1.98. The van der Waals surface area contributed by atoms with Gasteiger partial charge in [0, 0.05) is 12.1 Å². The molecule has 20 heavy (non-hydrogen) atoms. The highest BCUT2D eigenvalue weighted by Crippen LogP contribution is 2.35. The Labute approximate surface area is 124 Å². The van der Waals surface area contributed by atoms with E-state index in [2.05, 4.69) is 32.2 Å². The largest absolute Gasteiger partial charge is 0.436 e. The van der Waals surface area contributed by atoms with Crippen LogP contribution in [-0.2, 0) is 6.54 Å². The first kappa shape index (κ1) is 13.0. The van der Waals surface area contributed by atoms with Crippen molar-refractivity contribution in [1.82, 2.24) is 10.2 Å². The molecule has 0 fully saturated rings. The number of hydrogen-bond donors (Lipinski definition) is 1. The first-order chi connectivity index (χ1) is 9.79. The van der Waals surface area contributed by atoms with Crippen molar-refractivity contribution in [2.24, 2.45) is 5.73 Å². The molecule has 4 nitrogen and oxygen atoms in total. The van der Waals surface area contributed by atoms with E-state index in [1.807, 2.05) is 30.3 Å². The summed E-state index contributed by atoms with van der Waals surface area (Å²) >= 11 is 3.58. The zero-order valence-corrected chi connectivity index (χ0v) is 12.2. The monoisotopic (exact) mass is 329 g/mol. The van der Waals surface area contributed by atoms with E-state index in [-0.39, 0.29) is 0 Å². The third-order valence-corrected chi connectivity index (χ3v) is 3.84. The molecule has 3 aromatic rings. The van der Waals surface area contributed by atoms with Gasteiger partial charge in [0.15, 0.2) is 0 Å². The lowest BCUT2D eigenvalue weighted by Crippen LogP contribution is -2.02. The van der Waals surface area contributed by atoms with Gasteiger partial charge in [-0.25, -0.2) is 0 Å². The maximum atomic E-state index is 5.84. The zero-order valence-electron chi connectivity index (χ0n) is 10.6. The molecule has 0 saturated carbocycles. The van der Waals surface area contributed by atoms with Gasteiger partial charge >= 0.3 is 0 Å². The summed E-state index contributed by atoms with van der Waals surface area (Å²) in [6.45, 7) is 0.357. The summed E-state index contributed by atoms with van der Waals surface area (Å²) in [6, 6.07) is 13.8. The number of benzene rings is 2. The quantitative estimate of drug-likeness (QED) is 0.796. The van der Waals surface area contributed by atoms with Gasteiger partial charge in [0.1, 0.15) is 5.75 Å². The van der Waals surface area contributed by atoms with Gasteiger partial charge in [0.05, 0.1) is 10.7 Å². The molecule has 1 aromatic heterocycles. The summed E-state index contributed by atoms with van der Waals surface area (Å²) in [4.78, 5) is 0. The van der Waals surface area contributed by atoms with Crippen molar-refractivity contribution in [3.8, 4) is 11.6 Å². The van der Waals surface area contributed by atoms with Gasteiger partial charge in [0.25, 0.3) is 0 Å². The smallest absolute Gasteiger partial charge is 0.243 e. The van der Waals surface area contributed by atoms with Crippen LogP contribution in [-0.4, -0.2) is 10.2 Å². The fourth-order valence-corrected chi connectivity index (χ4v) is 2.56. The average Bonchev–Trinajstić information content (AvgIpc) is 2.51. The average molecular weight is 330 g/mol. The van der Waals surface area contributed by atoms with E-state index in [4.69, 9.17) is 10.5 Å². The van der Waals surface area contributed by atoms with Crippen LogP contribution in [0.4, 0.5) is 0 Å². The third-order valence-electron chi connectivity index (χ3n) is 3.02. The van der Waals surface area contributed by atoms with Crippen LogP contribution in [0.1, 0.15) is 5.56 Å². The second-order valence-electron chi connectivity index (χ2n) is 4.27. The first-order valence-electron chi connectivity index (χ1n) is 6.15. The van der Waals surface area contributed by atoms with Gasteiger partial charge in [-0.05, 0) is 38.8 Å². The predicted octanol–water partition coefficient (Wildman–Crippen LogP) is 3.64. The SMILES string of the molecule is NCc1ccnnc1Oc1ccc2ccccc2c1Br. The molecule has 0 atom stereocenters. The summed E-state index contributed by atoms with van der Waals surface area (Å²) in [6.07, 6.45) is 1.60. The van der Waals surface area contributed by atoms with Gasteiger partial charge in [-0.1, -0.05) is 30.3 Å². The Balaban J connectivity index is 2.05. The summed E-state index contributed by atoms with van der Waals surface area (Å²) in [5, 5.41) is 10.1. The third kappa shape index (κ3) is 2.37. The van der Waals surface area contributed by atoms with E-state index in [0.29, 0.717) is 18.2 Å². The van der Waals surface area contributed by atoms with Gasteiger partial charge in [-0.15, -0.1) is 5.10 Å². The molecule has 100 valence electrons. The molecule has 0 aliphatic carbocycles. The molecular weight excluding hydrogens is 318 g/mol. The van der Waals surface area contributed by atoms with Crippen LogP contribution in [0.2, 0.25) is 0 Å². The lowest BCUT2D eigenvalue weighted by Gasteiger charge is -2.11. The molecule has 0 unspecified atom stereocenters. The highest BCUT2D eigenvalue weighted by atomic mass is 79.9. The molecule has 5 heteroatoms. The Hall–Kier alpha value is -1.98. The highest BCUT2D eigenvalue weighted by molar-refractivity contribution is 9.10. The van der Waals surface area contributed by atoms with Gasteiger partial charge in [-0.3, -0.25) is 0 Å². The number of hydrogen-bond acceptors (Lipinski definition) is 4. The first-order valence-corrected chi connectivity index (χ1v) is 6.94. The zero-order chi connectivity index (χ0) is 13.9. The Morgan fingerprint density at radius 3 is 2.80 bits per heavy atom. The number of nitrogens with two attached hydrogens (primary N) is 1. The van der Waals surface area contributed by atoms with Crippen molar-refractivity contribution in [2.45, 2.75) is 6.54 Å². The molecule has 1 heterocycles. The van der Waals surface area contributed by atoms with Crippen LogP contribution in [0, 0.1) is 0 Å². The molecule has 3 rings (SSSR count). The van der Waals surface area contributed by atoms with Crippen molar-refractivity contribution in [1.29, 1.82) is 0 Å².